The van der Waals surface area contributed by atoms with Crippen LogP contribution in [0, 0.1) is 0 Å². The van der Waals surface area contributed by atoms with Gasteiger partial charge in [0.2, 0.25) is 0 Å². The molecule has 0 aliphatic heterocycles. The standard InChI is InChI=1S/C10H10F2N2O6S2/c11-21(17,18)13-8(6-3-4-6)7(5-1-2-5)9(15)14(10(13)16)22(12,19)20/h5-6H,1-4H2. The second kappa shape index (κ2) is 4.47. The Hall–Kier alpha value is -1.56. The van der Waals surface area contributed by atoms with E-state index in [9.17, 15) is 34.2 Å². The van der Waals surface area contributed by atoms with Crippen LogP contribution in [-0.2, 0) is 20.8 Å². The van der Waals surface area contributed by atoms with E-state index in [0.717, 1.165) is 0 Å². The van der Waals surface area contributed by atoms with Gasteiger partial charge in [0, 0.05) is 11.5 Å². The van der Waals surface area contributed by atoms with Gasteiger partial charge in [-0.15, -0.1) is 3.97 Å². The molecule has 0 spiro atoms. The maximum atomic E-state index is 13.5. The van der Waals surface area contributed by atoms with Crippen LogP contribution in [0.5, 0.6) is 0 Å². The molecule has 0 aromatic carbocycles. The van der Waals surface area contributed by atoms with Crippen LogP contribution in [0.4, 0.5) is 7.77 Å². The Morgan fingerprint density at radius 3 is 1.64 bits per heavy atom. The maximum Gasteiger partial charge on any atom is 0.410 e. The Kier molecular flexibility index (Phi) is 3.12. The number of rotatable bonds is 4. The van der Waals surface area contributed by atoms with E-state index in [-0.39, 0.29) is 11.3 Å². The van der Waals surface area contributed by atoms with E-state index in [4.69, 9.17) is 0 Å². The SMILES string of the molecule is O=c1c(C2CC2)c(C2CC2)n(S(=O)(=O)F)c(=O)n1S(=O)(=O)F. The Morgan fingerprint density at radius 1 is 0.818 bits per heavy atom. The highest BCUT2D eigenvalue weighted by Crippen LogP contribution is 2.47. The van der Waals surface area contributed by atoms with Crippen LogP contribution in [0.25, 0.3) is 0 Å². The van der Waals surface area contributed by atoms with E-state index in [2.05, 4.69) is 0 Å². The van der Waals surface area contributed by atoms with Crippen molar-refractivity contribution in [3.05, 3.63) is 32.1 Å². The van der Waals surface area contributed by atoms with E-state index in [0.29, 0.717) is 25.7 Å². The largest absolute Gasteiger partial charge is 0.410 e. The average molecular weight is 356 g/mol. The molecule has 3 rings (SSSR count). The molecule has 1 aromatic rings. The fourth-order valence-electron chi connectivity index (χ4n) is 2.50. The van der Waals surface area contributed by atoms with Crippen molar-refractivity contribution in [3.63, 3.8) is 0 Å². The molecule has 0 radical (unpaired) electrons. The van der Waals surface area contributed by atoms with Gasteiger partial charge in [-0.3, -0.25) is 4.79 Å². The lowest BCUT2D eigenvalue weighted by atomic mass is 10.1. The summed E-state index contributed by atoms with van der Waals surface area (Å²) in [4.78, 5) is 24.1. The predicted octanol–water partition coefficient (Wildman–Crippen LogP) is -0.110. The second-order valence-corrected chi connectivity index (χ2v) is 7.73. The molecule has 22 heavy (non-hydrogen) atoms. The lowest BCUT2D eigenvalue weighted by molar-refractivity contribution is 0.521. The number of hydrogen-bond acceptors (Lipinski definition) is 6. The van der Waals surface area contributed by atoms with E-state index in [1.807, 2.05) is 0 Å². The van der Waals surface area contributed by atoms with Gasteiger partial charge in [-0.1, -0.05) is 7.77 Å². The molecular formula is C10H10F2N2O6S2. The van der Waals surface area contributed by atoms with Gasteiger partial charge in [-0.05, 0) is 31.6 Å². The van der Waals surface area contributed by atoms with Gasteiger partial charge in [0.1, 0.15) is 0 Å². The van der Waals surface area contributed by atoms with Crippen molar-refractivity contribution >= 4 is 20.8 Å². The zero-order valence-corrected chi connectivity index (χ0v) is 12.5. The summed E-state index contributed by atoms with van der Waals surface area (Å²) in [7, 11) is -11.5. The summed E-state index contributed by atoms with van der Waals surface area (Å²) in [6.45, 7) is 0. The molecule has 0 atom stereocenters. The molecule has 2 saturated carbocycles. The summed E-state index contributed by atoms with van der Waals surface area (Å²) in [6, 6.07) is 0. The summed E-state index contributed by atoms with van der Waals surface area (Å²) in [5, 5.41) is 0. The quantitative estimate of drug-likeness (QED) is 0.696. The molecule has 8 nitrogen and oxygen atoms in total. The molecule has 0 bridgehead atoms. The zero-order chi connectivity index (χ0) is 16.4. The minimum atomic E-state index is -5.86. The molecule has 1 heterocycles. The minimum Gasteiger partial charge on any atom is -0.268 e. The second-order valence-electron chi connectivity index (χ2n) is 5.35. The highest BCUT2D eigenvalue weighted by molar-refractivity contribution is 7.85. The van der Waals surface area contributed by atoms with Crippen LogP contribution >= 0.6 is 0 Å². The monoisotopic (exact) mass is 356 g/mol. The molecule has 0 amide bonds. The topological polar surface area (TPSA) is 112 Å². The fraction of sp³-hybridized carbons (Fsp3) is 0.600. The molecule has 1 aromatic heterocycles. The lowest BCUT2D eigenvalue weighted by Gasteiger charge is -2.14. The number of aromatic nitrogens is 2. The van der Waals surface area contributed by atoms with E-state index in [1.54, 1.807) is 0 Å². The van der Waals surface area contributed by atoms with E-state index < -0.39 is 51.8 Å². The van der Waals surface area contributed by atoms with Crippen molar-refractivity contribution in [3.8, 4) is 0 Å². The van der Waals surface area contributed by atoms with Crippen LogP contribution in [0.15, 0.2) is 9.59 Å². The number of nitrogens with zero attached hydrogens (tertiary/aromatic N) is 2. The third-order valence-electron chi connectivity index (χ3n) is 3.64. The normalized spacial score (nSPS) is 19.4. The van der Waals surface area contributed by atoms with Crippen molar-refractivity contribution in [2.24, 2.45) is 0 Å². The van der Waals surface area contributed by atoms with E-state index in [1.165, 1.54) is 0 Å². The molecule has 0 unspecified atom stereocenters. The third-order valence-corrected chi connectivity index (χ3v) is 5.19. The van der Waals surface area contributed by atoms with Crippen molar-refractivity contribution < 1.29 is 24.6 Å². The number of halogens is 2. The molecule has 2 aliphatic rings. The van der Waals surface area contributed by atoms with Crippen LogP contribution in [0.3, 0.4) is 0 Å². The molecule has 2 fully saturated rings. The minimum absolute atomic E-state index is 0.301. The zero-order valence-electron chi connectivity index (χ0n) is 10.9. The first-order valence-electron chi connectivity index (χ1n) is 6.35. The van der Waals surface area contributed by atoms with Gasteiger partial charge in [0.25, 0.3) is 5.56 Å². The molecular weight excluding hydrogens is 346 g/mol. The van der Waals surface area contributed by atoms with E-state index >= 15 is 0 Å². The summed E-state index contributed by atoms with van der Waals surface area (Å²) in [5.41, 5.74) is -4.15. The van der Waals surface area contributed by atoms with Crippen molar-refractivity contribution in [1.82, 2.24) is 7.94 Å². The summed E-state index contributed by atoms with van der Waals surface area (Å²) in [5.74, 6) is -1.02. The Labute approximate surface area is 123 Å². The molecule has 12 heteroatoms. The van der Waals surface area contributed by atoms with Crippen LogP contribution in [0.1, 0.15) is 48.8 Å². The predicted molar refractivity (Wildman–Crippen MR) is 69.8 cm³/mol. The fourth-order valence-corrected chi connectivity index (χ4v) is 3.87. The third kappa shape index (κ3) is 2.39. The van der Waals surface area contributed by atoms with Crippen LogP contribution < -0.4 is 11.2 Å². The van der Waals surface area contributed by atoms with Crippen molar-refractivity contribution in [1.29, 1.82) is 0 Å². The van der Waals surface area contributed by atoms with Gasteiger partial charge in [-0.25, -0.2) is 4.79 Å². The Balaban J connectivity index is 2.56. The smallest absolute Gasteiger partial charge is 0.268 e. The first-order valence-corrected chi connectivity index (χ1v) is 9.03. The van der Waals surface area contributed by atoms with Gasteiger partial charge in [0.15, 0.2) is 0 Å². The first-order chi connectivity index (χ1) is 10.0. The maximum absolute atomic E-state index is 13.5. The highest BCUT2D eigenvalue weighted by atomic mass is 32.3. The Morgan fingerprint density at radius 2 is 1.27 bits per heavy atom. The molecule has 0 saturated heterocycles. The van der Waals surface area contributed by atoms with Gasteiger partial charge in [0.05, 0.1) is 5.69 Å². The number of hydrogen-bond donors (Lipinski definition) is 0. The summed E-state index contributed by atoms with van der Waals surface area (Å²) < 4.78 is 70.0. The summed E-state index contributed by atoms with van der Waals surface area (Å²) in [6.07, 6.45) is 1.76. The molecule has 2 aliphatic carbocycles. The highest BCUT2D eigenvalue weighted by Gasteiger charge is 2.42. The first kappa shape index (κ1) is 15.3. The van der Waals surface area contributed by atoms with Crippen LogP contribution in [0.2, 0.25) is 0 Å². The average Bonchev–Trinajstić information content (AvgIpc) is 3.19. The van der Waals surface area contributed by atoms with Crippen LogP contribution in [-0.4, -0.2) is 24.8 Å². The van der Waals surface area contributed by atoms with Gasteiger partial charge in [-0.2, -0.15) is 20.8 Å². The van der Waals surface area contributed by atoms with Crippen molar-refractivity contribution in [2.75, 3.05) is 0 Å². The van der Waals surface area contributed by atoms with Gasteiger partial charge < -0.3 is 0 Å². The molecule has 0 N–H and O–H groups in total. The lowest BCUT2D eigenvalue weighted by Crippen LogP contribution is -2.46. The van der Waals surface area contributed by atoms with Crippen molar-refractivity contribution in [2.45, 2.75) is 37.5 Å². The van der Waals surface area contributed by atoms with Gasteiger partial charge >= 0.3 is 26.5 Å². The Bertz CT molecular complexity index is 983. The molecule has 122 valence electrons. The summed E-state index contributed by atoms with van der Waals surface area (Å²) >= 11 is 0.